The van der Waals surface area contributed by atoms with Gasteiger partial charge >= 0.3 is 11.7 Å². The van der Waals surface area contributed by atoms with Gasteiger partial charge in [-0.05, 0) is 0 Å². The normalized spacial score (nSPS) is 9.90. The van der Waals surface area contributed by atoms with Gasteiger partial charge in [-0.2, -0.15) is 0 Å². The van der Waals surface area contributed by atoms with Crippen LogP contribution in [-0.4, -0.2) is 21.5 Å². The Balaban J connectivity index is 3.31. The molecule has 5 heteroatoms. The zero-order valence-corrected chi connectivity index (χ0v) is 5.87. The average Bonchev–Trinajstić information content (AvgIpc) is 2.17. The zero-order chi connectivity index (χ0) is 7.72. The fourth-order valence-electron chi connectivity index (χ4n) is 0.646. The summed E-state index contributed by atoms with van der Waals surface area (Å²) >= 11 is 0. The fourth-order valence-corrected chi connectivity index (χ4v) is 0.646. The summed E-state index contributed by atoms with van der Waals surface area (Å²) in [5.74, 6) is 0. The molecule has 0 atom stereocenters. The molecule has 0 unspecified atom stereocenters. The van der Waals surface area contributed by atoms with Crippen molar-refractivity contribution in [3.63, 3.8) is 0 Å². The molecule has 1 aromatic rings. The number of aromatic nitrogens is 3. The minimum Gasteiger partial charge on any atom is -0.467 e. The van der Waals surface area contributed by atoms with Crippen LogP contribution < -0.4 is 10.4 Å². The maximum atomic E-state index is 10.9. The van der Waals surface area contributed by atoms with Crippen LogP contribution in [0.3, 0.4) is 0 Å². The van der Waals surface area contributed by atoms with Crippen molar-refractivity contribution in [2.45, 2.75) is 0 Å². The third-order valence-electron chi connectivity index (χ3n) is 1.18. The molecule has 0 aliphatic rings. The van der Waals surface area contributed by atoms with Crippen molar-refractivity contribution in [3.8, 4) is 6.01 Å². The fraction of sp³-hybridized carbons (Fsp3) is 0.400. The van der Waals surface area contributed by atoms with Gasteiger partial charge in [-0.3, -0.25) is 0 Å². The van der Waals surface area contributed by atoms with Crippen LogP contribution in [0.15, 0.2) is 4.79 Å². The van der Waals surface area contributed by atoms with E-state index in [0.29, 0.717) is 0 Å². The van der Waals surface area contributed by atoms with E-state index < -0.39 is 0 Å². The number of rotatable bonds is 1. The third kappa shape index (κ3) is 0.792. The van der Waals surface area contributed by atoms with E-state index in [1.807, 2.05) is 0 Å². The average molecular weight is 142 g/mol. The first-order valence-corrected chi connectivity index (χ1v) is 2.67. The van der Waals surface area contributed by atoms with E-state index in [9.17, 15) is 4.79 Å². The van der Waals surface area contributed by atoms with Crippen molar-refractivity contribution < 1.29 is 4.74 Å². The van der Waals surface area contributed by atoms with Gasteiger partial charge < -0.3 is 4.74 Å². The number of ether oxygens (including phenoxy) is 1. The Hall–Kier alpha value is -1.26. The van der Waals surface area contributed by atoms with Crippen molar-refractivity contribution in [1.29, 1.82) is 0 Å². The predicted octanol–water partition coefficient (Wildman–Crippen LogP) is -0.770. The number of hydrogen-bond donors (Lipinski definition) is 0. The highest BCUT2D eigenvalue weighted by Gasteiger charge is 2.05. The van der Waals surface area contributed by atoms with Crippen molar-refractivity contribution in [2.75, 3.05) is 7.11 Å². The molecule has 1 rings (SSSR count). The molecule has 0 bridgehead atoms. The summed E-state index contributed by atoms with van der Waals surface area (Å²) in [5.41, 5.74) is -0.295. The van der Waals surface area contributed by atoms with Gasteiger partial charge in [0.2, 0.25) is 0 Å². The van der Waals surface area contributed by atoms with E-state index in [4.69, 9.17) is 4.74 Å². The summed E-state index contributed by atoms with van der Waals surface area (Å²) in [6.45, 7) is 0. The molecule has 0 amide bonds. The molecule has 1 aromatic heterocycles. The lowest BCUT2D eigenvalue weighted by molar-refractivity contribution is 0.362. The topological polar surface area (TPSA) is 49.0 Å². The highest BCUT2D eigenvalue weighted by molar-refractivity contribution is 4.92. The second kappa shape index (κ2) is 2.17. The van der Waals surface area contributed by atoms with Crippen molar-refractivity contribution in [1.82, 2.24) is 14.3 Å². The van der Waals surface area contributed by atoms with E-state index in [2.05, 4.69) is 12.1 Å². The third-order valence-corrected chi connectivity index (χ3v) is 1.18. The maximum absolute atomic E-state index is 10.9. The van der Waals surface area contributed by atoms with Gasteiger partial charge in [0, 0.05) is 7.05 Å². The highest BCUT2D eigenvalue weighted by atomic mass is 16.5. The van der Waals surface area contributed by atoms with Crippen molar-refractivity contribution in [3.05, 3.63) is 17.5 Å². The molecule has 0 saturated carbocycles. The molecule has 0 aliphatic heterocycles. The molecule has 5 nitrogen and oxygen atoms in total. The van der Waals surface area contributed by atoms with Crippen LogP contribution in [0.4, 0.5) is 0 Å². The Morgan fingerprint density at radius 1 is 1.70 bits per heavy atom. The van der Waals surface area contributed by atoms with Crippen LogP contribution in [0.5, 0.6) is 6.01 Å². The molecule has 0 N–H and O–H groups in total. The molecule has 0 spiro atoms. The summed E-state index contributed by atoms with van der Waals surface area (Å²) in [4.78, 5) is 10.9. The van der Waals surface area contributed by atoms with E-state index in [1.54, 1.807) is 7.05 Å². The first kappa shape index (κ1) is 6.85. The maximum Gasteiger partial charge on any atom is 0.348 e. The zero-order valence-electron chi connectivity index (χ0n) is 5.87. The lowest BCUT2D eigenvalue weighted by Gasteiger charge is -1.92. The summed E-state index contributed by atoms with van der Waals surface area (Å²) in [6.07, 6.45) is 0. The number of nitrogens with zero attached hydrogens (tertiary/aromatic N) is 3. The Kier molecular flexibility index (Phi) is 1.48. The van der Waals surface area contributed by atoms with E-state index in [0.717, 1.165) is 4.68 Å². The Morgan fingerprint density at radius 2 is 2.30 bits per heavy atom. The minimum absolute atomic E-state index is 0.264. The van der Waals surface area contributed by atoms with Gasteiger partial charge in [-0.25, -0.2) is 14.0 Å². The summed E-state index contributed by atoms with van der Waals surface area (Å²) in [6, 6.07) is 0.264. The van der Waals surface area contributed by atoms with Crippen molar-refractivity contribution in [2.24, 2.45) is 7.05 Å². The first-order valence-electron chi connectivity index (χ1n) is 2.67. The Bertz CT molecular complexity index is 286. The van der Waals surface area contributed by atoms with Crippen LogP contribution in [0, 0.1) is 7.05 Å². The molecule has 0 fully saturated rings. The Labute approximate surface area is 57.8 Å². The van der Waals surface area contributed by atoms with Gasteiger partial charge in [-0.15, -0.1) is 5.10 Å². The molecule has 0 aromatic carbocycles. The molecule has 10 heavy (non-hydrogen) atoms. The highest BCUT2D eigenvalue weighted by Crippen LogP contribution is 1.96. The van der Waals surface area contributed by atoms with Crippen molar-refractivity contribution >= 4 is 0 Å². The quantitative estimate of drug-likeness (QED) is 0.517. The van der Waals surface area contributed by atoms with E-state index in [-0.39, 0.29) is 11.7 Å². The lowest BCUT2D eigenvalue weighted by atomic mass is 11.0. The van der Waals surface area contributed by atoms with Crippen LogP contribution in [-0.2, 0) is 7.05 Å². The van der Waals surface area contributed by atoms with Crippen LogP contribution in [0.25, 0.3) is 0 Å². The van der Waals surface area contributed by atoms with Crippen LogP contribution in [0.1, 0.15) is 0 Å². The van der Waals surface area contributed by atoms with Gasteiger partial charge in [-0.1, -0.05) is 0 Å². The second-order valence-electron chi connectivity index (χ2n) is 1.83. The first-order chi connectivity index (χ1) is 4.66. The second-order valence-corrected chi connectivity index (χ2v) is 1.83. The van der Waals surface area contributed by atoms with Gasteiger partial charge in [0.1, 0.15) is 0 Å². The molecule has 55 valence electrons. The standard InChI is InChI=1S/C5H8N3O2/c1-7-4(10-3)6-8(2)5(7)9/h2H2,1,3H3. The summed E-state index contributed by atoms with van der Waals surface area (Å²) < 4.78 is 6.98. The molecule has 1 radical (unpaired) electrons. The van der Waals surface area contributed by atoms with Gasteiger partial charge in [0.05, 0.1) is 14.2 Å². The number of hydrogen-bond acceptors (Lipinski definition) is 3. The molecule has 0 aliphatic carbocycles. The molecule has 1 heterocycles. The van der Waals surface area contributed by atoms with Gasteiger partial charge in [0.25, 0.3) is 0 Å². The van der Waals surface area contributed by atoms with Crippen LogP contribution >= 0.6 is 0 Å². The van der Waals surface area contributed by atoms with E-state index in [1.165, 1.54) is 11.7 Å². The van der Waals surface area contributed by atoms with Crippen LogP contribution in [0.2, 0.25) is 0 Å². The van der Waals surface area contributed by atoms with E-state index >= 15 is 0 Å². The largest absolute Gasteiger partial charge is 0.467 e. The Morgan fingerprint density at radius 3 is 2.50 bits per heavy atom. The monoisotopic (exact) mass is 142 g/mol. The summed E-state index contributed by atoms with van der Waals surface area (Å²) in [7, 11) is 6.35. The molecular weight excluding hydrogens is 134 g/mol. The SMILES string of the molecule is [CH2]n1nc(OC)n(C)c1=O. The smallest absolute Gasteiger partial charge is 0.348 e. The molecule has 0 saturated heterocycles. The predicted molar refractivity (Wildman–Crippen MR) is 34.8 cm³/mol. The number of methoxy groups -OCH3 is 1. The minimum atomic E-state index is -0.295. The van der Waals surface area contributed by atoms with Gasteiger partial charge in [0.15, 0.2) is 0 Å². The summed E-state index contributed by atoms with van der Waals surface area (Å²) in [5, 5.41) is 3.66. The molecular formula is C5H8N3O2. The lowest BCUT2D eigenvalue weighted by Crippen LogP contribution is -2.19.